The highest BCUT2D eigenvalue weighted by Crippen LogP contribution is 2.26. The average molecular weight is 329 g/mol. The number of carbonyl (C=O) groups excluding carboxylic acids is 1. The molecule has 1 aromatic rings. The van der Waals surface area contributed by atoms with Gasteiger partial charge in [0.25, 0.3) is 0 Å². The molecule has 0 aliphatic carbocycles. The van der Waals surface area contributed by atoms with E-state index >= 15 is 0 Å². The molecule has 1 saturated heterocycles. The van der Waals surface area contributed by atoms with Crippen LogP contribution < -0.4 is 15.8 Å². The van der Waals surface area contributed by atoms with Gasteiger partial charge in [0.1, 0.15) is 11.9 Å². The molecule has 1 aliphatic rings. The van der Waals surface area contributed by atoms with Crippen molar-refractivity contribution in [3.63, 3.8) is 0 Å². The van der Waals surface area contributed by atoms with Crippen molar-refractivity contribution in [2.45, 2.75) is 44.9 Å². The van der Waals surface area contributed by atoms with Gasteiger partial charge >= 0.3 is 0 Å². The van der Waals surface area contributed by atoms with Crippen molar-refractivity contribution in [2.75, 3.05) is 13.2 Å². The summed E-state index contributed by atoms with van der Waals surface area (Å²) in [4.78, 5) is 12.2. The number of nitrogens with two attached hydrogens (primary N) is 1. The lowest BCUT2D eigenvalue weighted by molar-refractivity contribution is -0.132. The Hall–Kier alpha value is -1.30. The third kappa shape index (κ3) is 4.60. The van der Waals surface area contributed by atoms with Crippen LogP contribution in [0, 0.1) is 0 Å². The Balaban J connectivity index is 0.00000242. The number of amides is 1. The Kier molecular flexibility index (Phi) is 7.65. The smallest absolute Gasteiger partial charge is 0.249 e. The van der Waals surface area contributed by atoms with Gasteiger partial charge in [-0.05, 0) is 32.8 Å². The summed E-state index contributed by atoms with van der Waals surface area (Å²) in [5.41, 5.74) is 6.54. The first-order chi connectivity index (χ1) is 10.2. The van der Waals surface area contributed by atoms with Crippen LogP contribution in [0.3, 0.4) is 0 Å². The van der Waals surface area contributed by atoms with Crippen LogP contribution in [0.5, 0.6) is 5.75 Å². The number of ether oxygens (including phenoxy) is 2. The molecule has 3 N–H and O–H groups in total. The molecule has 0 radical (unpaired) electrons. The van der Waals surface area contributed by atoms with E-state index in [9.17, 15) is 4.79 Å². The van der Waals surface area contributed by atoms with E-state index in [1.807, 2.05) is 38.1 Å². The summed E-state index contributed by atoms with van der Waals surface area (Å²) in [6.45, 7) is 4.96. The maximum atomic E-state index is 12.2. The first-order valence-corrected chi connectivity index (χ1v) is 7.53. The lowest BCUT2D eigenvalue weighted by atomic mass is 10.1. The third-order valence-electron chi connectivity index (χ3n) is 3.71. The zero-order valence-corrected chi connectivity index (χ0v) is 13.9. The van der Waals surface area contributed by atoms with Gasteiger partial charge in [0.2, 0.25) is 5.91 Å². The van der Waals surface area contributed by atoms with Crippen LogP contribution in [0.4, 0.5) is 0 Å². The fourth-order valence-electron chi connectivity index (χ4n) is 2.58. The van der Waals surface area contributed by atoms with E-state index in [1.165, 1.54) is 0 Å². The summed E-state index contributed by atoms with van der Waals surface area (Å²) in [7, 11) is 0. The summed E-state index contributed by atoms with van der Waals surface area (Å²) >= 11 is 0. The van der Waals surface area contributed by atoms with E-state index < -0.39 is 0 Å². The monoisotopic (exact) mass is 328 g/mol. The molecule has 22 heavy (non-hydrogen) atoms. The summed E-state index contributed by atoms with van der Waals surface area (Å²) in [6, 6.07) is 7.62. The molecule has 124 valence electrons. The molecular formula is C16H25ClN2O3. The number of rotatable bonds is 6. The van der Waals surface area contributed by atoms with Gasteiger partial charge in [-0.15, -0.1) is 12.4 Å². The Morgan fingerprint density at radius 1 is 1.45 bits per heavy atom. The molecule has 1 aromatic carbocycles. The molecule has 0 bridgehead atoms. The molecule has 3 atom stereocenters. The van der Waals surface area contributed by atoms with Gasteiger partial charge in [-0.2, -0.15) is 0 Å². The molecule has 1 amide bonds. The quantitative estimate of drug-likeness (QED) is 0.839. The molecule has 1 heterocycles. The molecular weight excluding hydrogens is 304 g/mol. The van der Waals surface area contributed by atoms with Gasteiger partial charge < -0.3 is 20.5 Å². The Labute approximate surface area is 138 Å². The number of nitrogens with one attached hydrogen (secondary N) is 1. The molecule has 2 rings (SSSR count). The van der Waals surface area contributed by atoms with Gasteiger partial charge in [-0.25, -0.2) is 0 Å². The number of hydrogen-bond donors (Lipinski definition) is 2. The molecule has 1 aliphatic heterocycles. The van der Waals surface area contributed by atoms with Gasteiger partial charge in [0.15, 0.2) is 0 Å². The van der Waals surface area contributed by atoms with E-state index in [-0.39, 0.29) is 36.6 Å². The Bertz CT molecular complexity index is 484. The number of carbonyl (C=O) groups is 1. The highest BCUT2D eigenvalue weighted by Gasteiger charge is 2.30. The average Bonchev–Trinajstić information content (AvgIpc) is 2.97. The summed E-state index contributed by atoms with van der Waals surface area (Å²) in [5, 5.41) is 3.00. The molecule has 0 saturated carbocycles. The topological polar surface area (TPSA) is 73.6 Å². The summed E-state index contributed by atoms with van der Waals surface area (Å²) in [5.74, 6) is 0.727. The maximum Gasteiger partial charge on any atom is 0.249 e. The van der Waals surface area contributed by atoms with Crippen molar-refractivity contribution in [3.8, 4) is 5.75 Å². The first kappa shape index (κ1) is 18.7. The third-order valence-corrected chi connectivity index (χ3v) is 3.71. The van der Waals surface area contributed by atoms with E-state index in [0.717, 1.165) is 24.2 Å². The minimum Gasteiger partial charge on any atom is -0.494 e. The summed E-state index contributed by atoms with van der Waals surface area (Å²) < 4.78 is 11.2. The first-order valence-electron chi connectivity index (χ1n) is 7.53. The van der Waals surface area contributed by atoms with Crippen LogP contribution in [0.2, 0.25) is 0 Å². The number of para-hydroxylation sites is 1. The molecule has 1 fully saturated rings. The lowest BCUT2D eigenvalue weighted by Crippen LogP contribution is -2.37. The fraction of sp³-hybridized carbons (Fsp3) is 0.562. The lowest BCUT2D eigenvalue weighted by Gasteiger charge is -2.20. The highest BCUT2D eigenvalue weighted by atomic mass is 35.5. The molecule has 0 aromatic heterocycles. The Morgan fingerprint density at radius 2 is 2.18 bits per heavy atom. The molecule has 0 spiro atoms. The predicted octanol–water partition coefficient (Wildman–Crippen LogP) is 2.19. The van der Waals surface area contributed by atoms with E-state index in [4.69, 9.17) is 15.2 Å². The van der Waals surface area contributed by atoms with Crippen LogP contribution in [-0.4, -0.2) is 31.3 Å². The van der Waals surface area contributed by atoms with Crippen LogP contribution >= 0.6 is 12.4 Å². The molecule has 5 nitrogen and oxygen atoms in total. The van der Waals surface area contributed by atoms with Crippen LogP contribution in [0.25, 0.3) is 0 Å². The Morgan fingerprint density at radius 3 is 2.82 bits per heavy atom. The number of benzene rings is 1. The SMILES string of the molecule is CCOc1ccccc1C(C)NC(=O)[C@@H]1CC[C@H](CN)O1.Cl. The van der Waals surface area contributed by atoms with Crippen molar-refractivity contribution < 1.29 is 14.3 Å². The molecule has 1 unspecified atom stereocenters. The fourth-order valence-corrected chi connectivity index (χ4v) is 2.58. The summed E-state index contributed by atoms with van der Waals surface area (Å²) in [6.07, 6.45) is 1.19. The largest absolute Gasteiger partial charge is 0.494 e. The maximum absolute atomic E-state index is 12.2. The van der Waals surface area contributed by atoms with Crippen LogP contribution in [0.1, 0.15) is 38.3 Å². The van der Waals surface area contributed by atoms with Crippen molar-refractivity contribution in [3.05, 3.63) is 29.8 Å². The van der Waals surface area contributed by atoms with Crippen molar-refractivity contribution in [1.82, 2.24) is 5.32 Å². The van der Waals surface area contributed by atoms with Crippen LogP contribution in [0.15, 0.2) is 24.3 Å². The number of halogens is 1. The second-order valence-corrected chi connectivity index (χ2v) is 5.26. The minimum absolute atomic E-state index is 0. The number of hydrogen-bond acceptors (Lipinski definition) is 4. The molecule has 6 heteroatoms. The standard InChI is InChI=1S/C16H24N2O3.ClH/c1-3-20-14-7-5-4-6-13(14)11(2)18-16(19)15-9-8-12(10-17)21-15;/h4-7,11-12,15H,3,8-10,17H2,1-2H3,(H,18,19);1H/t11?,12-,15+;/m1./s1. The van der Waals surface area contributed by atoms with Gasteiger partial charge in [0, 0.05) is 12.1 Å². The van der Waals surface area contributed by atoms with Gasteiger partial charge in [-0.1, -0.05) is 18.2 Å². The normalized spacial score (nSPS) is 21.8. The van der Waals surface area contributed by atoms with E-state index in [0.29, 0.717) is 13.2 Å². The van der Waals surface area contributed by atoms with Crippen molar-refractivity contribution in [1.29, 1.82) is 0 Å². The van der Waals surface area contributed by atoms with Gasteiger partial charge in [0.05, 0.1) is 18.8 Å². The minimum atomic E-state index is -0.389. The predicted molar refractivity (Wildman–Crippen MR) is 88.4 cm³/mol. The second kappa shape index (κ2) is 8.98. The second-order valence-electron chi connectivity index (χ2n) is 5.26. The zero-order valence-electron chi connectivity index (χ0n) is 13.1. The zero-order chi connectivity index (χ0) is 15.2. The van der Waals surface area contributed by atoms with Crippen molar-refractivity contribution >= 4 is 18.3 Å². The van der Waals surface area contributed by atoms with Crippen molar-refractivity contribution in [2.24, 2.45) is 5.73 Å². The van der Waals surface area contributed by atoms with E-state index in [1.54, 1.807) is 0 Å². The van der Waals surface area contributed by atoms with Gasteiger partial charge in [-0.3, -0.25) is 4.79 Å². The highest BCUT2D eigenvalue weighted by molar-refractivity contribution is 5.85. The van der Waals surface area contributed by atoms with Crippen LogP contribution in [-0.2, 0) is 9.53 Å². The van der Waals surface area contributed by atoms with E-state index in [2.05, 4.69) is 5.32 Å².